The maximum atomic E-state index is 13.2. The van der Waals surface area contributed by atoms with E-state index < -0.39 is 23.9 Å². The van der Waals surface area contributed by atoms with Crippen molar-refractivity contribution in [2.75, 3.05) is 18.5 Å². The van der Waals surface area contributed by atoms with Gasteiger partial charge >= 0.3 is 5.97 Å². The van der Waals surface area contributed by atoms with E-state index in [1.54, 1.807) is 55.5 Å². The summed E-state index contributed by atoms with van der Waals surface area (Å²) < 4.78 is 21.9. The average molecular weight is 461 g/mol. The zero-order chi connectivity index (χ0) is 24.1. The van der Waals surface area contributed by atoms with Crippen LogP contribution in [0.5, 0.6) is 5.75 Å². The standard InChI is InChI=1S/C26H23NO7/c1-3-16-7-12-20-19(14-16)23(29)25(24(34-20)21-6-5-13-32-21)33-15-22(28)27-18-10-8-17(9-11-18)26(30)31-4-2/h5-14H,3-4,15H2,1-2H3,(H,27,28). The highest BCUT2D eigenvalue weighted by molar-refractivity contribution is 5.94. The van der Waals surface area contributed by atoms with Crippen LogP contribution in [-0.2, 0) is 16.0 Å². The molecule has 1 amide bonds. The first-order valence-electron chi connectivity index (χ1n) is 10.8. The largest absolute Gasteiger partial charge is 0.476 e. The van der Waals surface area contributed by atoms with Crippen LogP contribution in [0.15, 0.2) is 74.5 Å². The molecule has 0 spiro atoms. The number of carbonyl (C=O) groups excluding carboxylic acids is 2. The molecule has 0 radical (unpaired) electrons. The van der Waals surface area contributed by atoms with Crippen molar-refractivity contribution in [3.63, 3.8) is 0 Å². The molecule has 0 aliphatic rings. The van der Waals surface area contributed by atoms with E-state index in [0.717, 1.165) is 12.0 Å². The first-order chi connectivity index (χ1) is 16.5. The van der Waals surface area contributed by atoms with Crippen molar-refractivity contribution in [2.45, 2.75) is 20.3 Å². The van der Waals surface area contributed by atoms with Gasteiger partial charge in [-0.2, -0.15) is 0 Å². The van der Waals surface area contributed by atoms with Crippen LogP contribution in [0, 0.1) is 0 Å². The Morgan fingerprint density at radius 1 is 1.03 bits per heavy atom. The maximum absolute atomic E-state index is 13.2. The van der Waals surface area contributed by atoms with E-state index in [1.165, 1.54) is 6.26 Å². The van der Waals surface area contributed by atoms with Crippen LogP contribution in [0.1, 0.15) is 29.8 Å². The van der Waals surface area contributed by atoms with Gasteiger partial charge in [0.1, 0.15) is 5.58 Å². The minimum absolute atomic E-state index is 0.108. The molecule has 0 bridgehead atoms. The second-order valence-electron chi connectivity index (χ2n) is 7.39. The number of amides is 1. The van der Waals surface area contributed by atoms with Gasteiger partial charge in [-0.25, -0.2) is 4.79 Å². The third-order valence-electron chi connectivity index (χ3n) is 5.09. The highest BCUT2D eigenvalue weighted by atomic mass is 16.5. The molecule has 0 aliphatic heterocycles. The smallest absolute Gasteiger partial charge is 0.338 e. The molecule has 34 heavy (non-hydrogen) atoms. The molecule has 2 heterocycles. The van der Waals surface area contributed by atoms with Gasteiger partial charge in [0, 0.05) is 5.69 Å². The summed E-state index contributed by atoms with van der Waals surface area (Å²) in [7, 11) is 0. The second-order valence-corrected chi connectivity index (χ2v) is 7.39. The van der Waals surface area contributed by atoms with E-state index >= 15 is 0 Å². The fourth-order valence-corrected chi connectivity index (χ4v) is 3.39. The zero-order valence-electron chi connectivity index (χ0n) is 18.8. The highest BCUT2D eigenvalue weighted by Gasteiger charge is 2.21. The van der Waals surface area contributed by atoms with Gasteiger partial charge in [0.15, 0.2) is 12.4 Å². The molecule has 0 atom stereocenters. The number of hydrogen-bond acceptors (Lipinski definition) is 7. The summed E-state index contributed by atoms with van der Waals surface area (Å²) in [5.74, 6) is -0.620. The van der Waals surface area contributed by atoms with Gasteiger partial charge in [0.2, 0.25) is 16.9 Å². The predicted molar refractivity (Wildman–Crippen MR) is 126 cm³/mol. The van der Waals surface area contributed by atoms with Crippen LogP contribution >= 0.6 is 0 Å². The Bertz CT molecular complexity index is 1370. The van der Waals surface area contributed by atoms with Gasteiger partial charge in [-0.05, 0) is 67.4 Å². The number of nitrogens with one attached hydrogen (secondary N) is 1. The van der Waals surface area contributed by atoms with Crippen LogP contribution in [0.4, 0.5) is 5.69 Å². The number of rotatable bonds is 8. The van der Waals surface area contributed by atoms with Gasteiger partial charge < -0.3 is 23.6 Å². The Labute approximate surface area is 195 Å². The molecule has 0 unspecified atom stereocenters. The number of hydrogen-bond donors (Lipinski definition) is 1. The van der Waals surface area contributed by atoms with Crippen molar-refractivity contribution in [3.05, 3.63) is 82.2 Å². The van der Waals surface area contributed by atoms with E-state index in [-0.39, 0.29) is 18.1 Å². The molecule has 4 aromatic rings. The molecular weight excluding hydrogens is 438 g/mol. The van der Waals surface area contributed by atoms with E-state index in [2.05, 4.69) is 5.32 Å². The lowest BCUT2D eigenvalue weighted by Crippen LogP contribution is -2.22. The third kappa shape index (κ3) is 4.85. The molecule has 2 aromatic heterocycles. The normalized spacial score (nSPS) is 10.8. The molecule has 8 heteroatoms. The van der Waals surface area contributed by atoms with Crippen LogP contribution in [-0.4, -0.2) is 25.1 Å². The summed E-state index contributed by atoms with van der Waals surface area (Å²) in [4.78, 5) is 37.5. The molecule has 2 aromatic carbocycles. The lowest BCUT2D eigenvalue weighted by Gasteiger charge is -2.11. The average Bonchev–Trinajstić information content (AvgIpc) is 3.38. The lowest BCUT2D eigenvalue weighted by atomic mass is 10.1. The second kappa shape index (κ2) is 10.1. The summed E-state index contributed by atoms with van der Waals surface area (Å²) in [6, 6.07) is 14.9. The minimum Gasteiger partial charge on any atom is -0.476 e. The van der Waals surface area contributed by atoms with Crippen molar-refractivity contribution in [3.8, 4) is 17.3 Å². The van der Waals surface area contributed by atoms with Gasteiger partial charge in [-0.3, -0.25) is 9.59 Å². The van der Waals surface area contributed by atoms with E-state index in [4.69, 9.17) is 18.3 Å². The number of fused-ring (bicyclic) bond motifs is 1. The van der Waals surface area contributed by atoms with E-state index in [0.29, 0.717) is 28.0 Å². The number of esters is 1. The molecule has 0 aliphatic carbocycles. The maximum Gasteiger partial charge on any atom is 0.338 e. The molecule has 4 rings (SSSR count). The van der Waals surface area contributed by atoms with Crippen LogP contribution in [0.3, 0.4) is 0 Å². The van der Waals surface area contributed by atoms with Crippen molar-refractivity contribution in [1.29, 1.82) is 0 Å². The fraction of sp³-hybridized carbons (Fsp3) is 0.192. The Morgan fingerprint density at radius 3 is 2.50 bits per heavy atom. The number of anilines is 1. The highest BCUT2D eigenvalue weighted by Crippen LogP contribution is 2.31. The summed E-state index contributed by atoms with van der Waals surface area (Å²) in [6.07, 6.45) is 2.21. The van der Waals surface area contributed by atoms with Crippen LogP contribution < -0.4 is 15.5 Å². The van der Waals surface area contributed by atoms with Crippen molar-refractivity contribution < 1.29 is 27.9 Å². The zero-order valence-corrected chi connectivity index (χ0v) is 18.8. The quantitative estimate of drug-likeness (QED) is 0.375. The van der Waals surface area contributed by atoms with Crippen molar-refractivity contribution in [2.24, 2.45) is 0 Å². The summed E-state index contributed by atoms with van der Waals surface area (Å²) >= 11 is 0. The Morgan fingerprint density at radius 2 is 1.82 bits per heavy atom. The molecule has 1 N–H and O–H groups in total. The van der Waals surface area contributed by atoms with E-state index in [9.17, 15) is 14.4 Å². The number of furan rings is 1. The first kappa shape index (κ1) is 22.8. The minimum atomic E-state index is -0.490. The Balaban J connectivity index is 1.56. The predicted octanol–water partition coefficient (Wildman–Crippen LogP) is 4.81. The fourth-order valence-electron chi connectivity index (χ4n) is 3.39. The summed E-state index contributed by atoms with van der Waals surface area (Å²) in [5, 5.41) is 3.03. The monoisotopic (exact) mass is 461 g/mol. The molecular formula is C26H23NO7. The van der Waals surface area contributed by atoms with Gasteiger partial charge in [-0.15, -0.1) is 0 Å². The Kier molecular flexibility index (Phi) is 6.77. The summed E-state index contributed by atoms with van der Waals surface area (Å²) in [5.41, 5.74) is 1.81. The number of ether oxygens (including phenoxy) is 2. The Hall–Kier alpha value is -4.33. The molecule has 174 valence electrons. The number of aryl methyl sites for hydroxylation is 1. The molecule has 8 nitrogen and oxygen atoms in total. The molecule has 0 saturated heterocycles. The van der Waals surface area contributed by atoms with Crippen molar-refractivity contribution in [1.82, 2.24) is 0 Å². The number of benzene rings is 2. The van der Waals surface area contributed by atoms with Crippen LogP contribution in [0.25, 0.3) is 22.5 Å². The van der Waals surface area contributed by atoms with E-state index in [1.807, 2.05) is 13.0 Å². The first-order valence-corrected chi connectivity index (χ1v) is 10.8. The number of carbonyl (C=O) groups is 2. The van der Waals surface area contributed by atoms with Crippen molar-refractivity contribution >= 4 is 28.5 Å². The van der Waals surface area contributed by atoms with Gasteiger partial charge in [-0.1, -0.05) is 13.0 Å². The summed E-state index contributed by atoms with van der Waals surface area (Å²) in [6.45, 7) is 3.55. The third-order valence-corrected chi connectivity index (χ3v) is 5.09. The van der Waals surface area contributed by atoms with Gasteiger partial charge in [0.25, 0.3) is 5.91 Å². The van der Waals surface area contributed by atoms with Gasteiger partial charge in [0.05, 0.1) is 23.8 Å². The SMILES string of the molecule is CCOC(=O)c1ccc(NC(=O)COc2c(-c3ccco3)oc3ccc(CC)cc3c2=O)cc1. The molecule has 0 fully saturated rings. The topological polar surface area (TPSA) is 108 Å². The molecule has 0 saturated carbocycles. The van der Waals surface area contributed by atoms with Crippen LogP contribution in [0.2, 0.25) is 0 Å². The lowest BCUT2D eigenvalue weighted by molar-refractivity contribution is -0.118.